The molecule has 1 saturated heterocycles. The van der Waals surface area contributed by atoms with Gasteiger partial charge in [0.1, 0.15) is 0 Å². The van der Waals surface area contributed by atoms with E-state index in [2.05, 4.69) is 16.0 Å². The highest BCUT2D eigenvalue weighted by molar-refractivity contribution is 6.15. The van der Waals surface area contributed by atoms with E-state index in [9.17, 15) is 9.59 Å². The second-order valence-corrected chi connectivity index (χ2v) is 7.93. The molecular weight excluding hydrogens is 386 g/mol. The van der Waals surface area contributed by atoms with E-state index in [0.717, 1.165) is 40.5 Å². The SMILES string of the molecule is CC(=O)c1ccc(N2CCN(C(=O)c3cc4ccccc4c4cccnc34)CC2)cc1. The van der Waals surface area contributed by atoms with Crippen molar-refractivity contribution >= 4 is 39.1 Å². The summed E-state index contributed by atoms with van der Waals surface area (Å²) in [5, 5.41) is 3.17. The summed E-state index contributed by atoms with van der Waals surface area (Å²) in [6.07, 6.45) is 1.75. The number of Topliss-reactive ketones (excluding diaryl/α,β-unsaturated/α-hetero) is 1. The number of hydrogen-bond donors (Lipinski definition) is 0. The van der Waals surface area contributed by atoms with Crippen LogP contribution in [0.5, 0.6) is 0 Å². The molecule has 0 unspecified atom stereocenters. The number of carbonyl (C=O) groups excluding carboxylic acids is 2. The van der Waals surface area contributed by atoms with Gasteiger partial charge in [-0.15, -0.1) is 0 Å². The van der Waals surface area contributed by atoms with Gasteiger partial charge in [0.15, 0.2) is 5.78 Å². The van der Waals surface area contributed by atoms with Crippen LogP contribution in [0.2, 0.25) is 0 Å². The quantitative estimate of drug-likeness (QED) is 0.368. The number of piperazine rings is 1. The van der Waals surface area contributed by atoms with Crippen LogP contribution in [0.25, 0.3) is 21.7 Å². The average molecular weight is 409 g/mol. The third kappa shape index (κ3) is 3.52. The van der Waals surface area contributed by atoms with Crippen LogP contribution in [0.15, 0.2) is 72.9 Å². The maximum Gasteiger partial charge on any atom is 0.256 e. The van der Waals surface area contributed by atoms with Gasteiger partial charge in [-0.1, -0.05) is 30.3 Å². The molecule has 1 aliphatic rings. The van der Waals surface area contributed by atoms with Gasteiger partial charge in [0.05, 0.1) is 11.1 Å². The van der Waals surface area contributed by atoms with Gasteiger partial charge < -0.3 is 9.80 Å². The number of carbonyl (C=O) groups is 2. The molecule has 154 valence electrons. The Hall–Kier alpha value is -3.73. The number of rotatable bonds is 3. The van der Waals surface area contributed by atoms with Crippen LogP contribution in [-0.4, -0.2) is 47.8 Å². The van der Waals surface area contributed by atoms with Crippen molar-refractivity contribution in [3.8, 4) is 0 Å². The summed E-state index contributed by atoms with van der Waals surface area (Å²) in [4.78, 5) is 33.7. The molecule has 0 aliphatic carbocycles. The zero-order valence-electron chi connectivity index (χ0n) is 17.4. The molecule has 0 radical (unpaired) electrons. The molecule has 0 saturated carbocycles. The maximum absolute atomic E-state index is 13.5. The summed E-state index contributed by atoms with van der Waals surface area (Å²) < 4.78 is 0. The molecule has 5 nitrogen and oxygen atoms in total. The second kappa shape index (κ2) is 7.84. The first-order valence-electron chi connectivity index (χ1n) is 10.5. The number of fused-ring (bicyclic) bond motifs is 3. The van der Waals surface area contributed by atoms with Crippen molar-refractivity contribution in [2.75, 3.05) is 31.1 Å². The van der Waals surface area contributed by atoms with Crippen molar-refractivity contribution in [3.05, 3.63) is 84.1 Å². The molecule has 1 fully saturated rings. The lowest BCUT2D eigenvalue weighted by molar-refractivity contribution is 0.0748. The van der Waals surface area contributed by atoms with Gasteiger partial charge in [-0.25, -0.2) is 0 Å². The predicted octanol–water partition coefficient (Wildman–Crippen LogP) is 4.55. The average Bonchev–Trinajstić information content (AvgIpc) is 2.83. The van der Waals surface area contributed by atoms with Crippen molar-refractivity contribution in [1.29, 1.82) is 0 Å². The van der Waals surface area contributed by atoms with E-state index in [-0.39, 0.29) is 11.7 Å². The first kappa shape index (κ1) is 19.2. The monoisotopic (exact) mass is 409 g/mol. The molecular formula is C26H23N3O2. The van der Waals surface area contributed by atoms with E-state index in [1.807, 2.05) is 65.6 Å². The number of hydrogen-bond acceptors (Lipinski definition) is 4. The molecule has 31 heavy (non-hydrogen) atoms. The zero-order valence-corrected chi connectivity index (χ0v) is 17.4. The van der Waals surface area contributed by atoms with E-state index < -0.39 is 0 Å². The topological polar surface area (TPSA) is 53.5 Å². The van der Waals surface area contributed by atoms with Gasteiger partial charge in [-0.05, 0) is 54.1 Å². The molecule has 0 spiro atoms. The van der Waals surface area contributed by atoms with Gasteiger partial charge in [0, 0.05) is 49.0 Å². The highest BCUT2D eigenvalue weighted by Gasteiger charge is 2.24. The van der Waals surface area contributed by atoms with Crippen molar-refractivity contribution in [3.63, 3.8) is 0 Å². The third-order valence-corrected chi connectivity index (χ3v) is 6.05. The summed E-state index contributed by atoms with van der Waals surface area (Å²) in [5.74, 6) is 0.0965. The van der Waals surface area contributed by atoms with E-state index in [4.69, 9.17) is 0 Å². The molecule has 2 heterocycles. The summed E-state index contributed by atoms with van der Waals surface area (Å²) in [6, 6.07) is 21.7. The minimum absolute atomic E-state index is 0.0287. The smallest absolute Gasteiger partial charge is 0.256 e. The number of nitrogens with zero attached hydrogens (tertiary/aromatic N) is 3. The molecule has 1 aliphatic heterocycles. The minimum Gasteiger partial charge on any atom is -0.368 e. The molecule has 0 atom stereocenters. The van der Waals surface area contributed by atoms with Crippen molar-refractivity contribution < 1.29 is 9.59 Å². The zero-order chi connectivity index (χ0) is 21.4. The Balaban J connectivity index is 1.39. The number of amides is 1. The van der Waals surface area contributed by atoms with Gasteiger partial charge in [-0.3, -0.25) is 14.6 Å². The van der Waals surface area contributed by atoms with Crippen LogP contribution >= 0.6 is 0 Å². The fourth-order valence-corrected chi connectivity index (χ4v) is 4.34. The third-order valence-electron chi connectivity index (χ3n) is 6.05. The number of aromatic nitrogens is 1. The van der Waals surface area contributed by atoms with Crippen molar-refractivity contribution in [1.82, 2.24) is 9.88 Å². The normalized spacial score (nSPS) is 14.2. The Morgan fingerprint density at radius 2 is 1.55 bits per heavy atom. The molecule has 4 aromatic rings. The number of anilines is 1. The number of pyridine rings is 1. The van der Waals surface area contributed by atoms with Gasteiger partial charge in [0.2, 0.25) is 0 Å². The summed E-state index contributed by atoms with van der Waals surface area (Å²) in [7, 11) is 0. The maximum atomic E-state index is 13.5. The van der Waals surface area contributed by atoms with Gasteiger partial charge in [-0.2, -0.15) is 0 Å². The minimum atomic E-state index is 0.0287. The lowest BCUT2D eigenvalue weighted by Gasteiger charge is -2.36. The van der Waals surface area contributed by atoms with Crippen LogP contribution in [0.3, 0.4) is 0 Å². The molecule has 0 N–H and O–H groups in total. The Kier molecular flexibility index (Phi) is 4.86. The second-order valence-electron chi connectivity index (χ2n) is 7.93. The Labute approximate surface area is 180 Å². The van der Waals surface area contributed by atoms with E-state index in [0.29, 0.717) is 24.2 Å². The lowest BCUT2D eigenvalue weighted by Crippen LogP contribution is -2.48. The first-order valence-corrected chi connectivity index (χ1v) is 10.5. The van der Waals surface area contributed by atoms with E-state index in [1.165, 1.54) is 0 Å². The van der Waals surface area contributed by atoms with Crippen LogP contribution in [-0.2, 0) is 0 Å². The Morgan fingerprint density at radius 3 is 2.29 bits per heavy atom. The number of ketones is 1. The molecule has 5 rings (SSSR count). The molecule has 3 aromatic carbocycles. The van der Waals surface area contributed by atoms with E-state index in [1.54, 1.807) is 13.1 Å². The van der Waals surface area contributed by atoms with Crippen molar-refractivity contribution in [2.45, 2.75) is 6.92 Å². The Morgan fingerprint density at radius 1 is 0.839 bits per heavy atom. The molecule has 1 aromatic heterocycles. The molecule has 1 amide bonds. The standard InChI is InChI=1S/C26H23N3O2/c1-18(30)19-8-10-21(11-9-19)28-13-15-29(16-14-28)26(31)24-17-20-5-2-3-6-22(20)23-7-4-12-27-25(23)24/h2-12,17H,13-16H2,1H3. The molecule has 5 heteroatoms. The summed E-state index contributed by atoms with van der Waals surface area (Å²) in [6.45, 7) is 4.38. The predicted molar refractivity (Wildman–Crippen MR) is 124 cm³/mol. The number of benzene rings is 3. The highest BCUT2D eigenvalue weighted by atomic mass is 16.2. The lowest BCUT2D eigenvalue weighted by atomic mass is 10.00. The largest absolute Gasteiger partial charge is 0.368 e. The Bertz CT molecular complexity index is 1290. The molecule has 0 bridgehead atoms. The summed E-state index contributed by atoms with van der Waals surface area (Å²) in [5.41, 5.74) is 3.21. The van der Waals surface area contributed by atoms with Crippen LogP contribution in [0, 0.1) is 0 Å². The van der Waals surface area contributed by atoms with Crippen LogP contribution < -0.4 is 4.90 Å². The van der Waals surface area contributed by atoms with Crippen molar-refractivity contribution in [2.24, 2.45) is 0 Å². The van der Waals surface area contributed by atoms with Gasteiger partial charge in [0.25, 0.3) is 5.91 Å². The van der Waals surface area contributed by atoms with Crippen LogP contribution in [0.1, 0.15) is 27.6 Å². The fourth-order valence-electron chi connectivity index (χ4n) is 4.34. The summed E-state index contributed by atoms with van der Waals surface area (Å²) >= 11 is 0. The fraction of sp³-hybridized carbons (Fsp3) is 0.192. The van der Waals surface area contributed by atoms with Crippen LogP contribution in [0.4, 0.5) is 5.69 Å². The highest BCUT2D eigenvalue weighted by Crippen LogP contribution is 2.28. The van der Waals surface area contributed by atoms with Gasteiger partial charge >= 0.3 is 0 Å². The first-order chi connectivity index (χ1) is 15.1. The van der Waals surface area contributed by atoms with E-state index >= 15 is 0 Å².